The number of carbonyl (C=O) groups excluding carboxylic acids is 2. The number of nitrogens with two attached hydrogens (primary N) is 2. The summed E-state index contributed by atoms with van der Waals surface area (Å²) in [5, 5.41) is 9.40. The molecule has 0 aliphatic heterocycles. The third-order valence-electron chi connectivity index (χ3n) is 3.78. The first-order valence-electron chi connectivity index (χ1n) is 7.94. The zero-order valence-corrected chi connectivity index (χ0v) is 15.3. The molecular weight excluding hydrogens is 324 g/mol. The Kier molecular flexibility index (Phi) is 6.31. The van der Waals surface area contributed by atoms with Gasteiger partial charge in [0.25, 0.3) is 0 Å². The number of primary amides is 1. The van der Waals surface area contributed by atoms with Crippen molar-refractivity contribution in [2.75, 3.05) is 0 Å². The molecule has 0 saturated heterocycles. The molecule has 7 nitrogen and oxygen atoms in total. The van der Waals surface area contributed by atoms with E-state index >= 15 is 0 Å². The topological polar surface area (TPSA) is 133 Å². The van der Waals surface area contributed by atoms with Crippen molar-refractivity contribution >= 4 is 17.8 Å². The summed E-state index contributed by atoms with van der Waals surface area (Å²) in [6.07, 6.45) is 0.160. The van der Waals surface area contributed by atoms with E-state index in [0.717, 1.165) is 16.7 Å². The number of hydrogen-bond donors (Lipinski definition) is 3. The Bertz CT molecular complexity index is 668. The van der Waals surface area contributed by atoms with Crippen LogP contribution in [0.4, 0.5) is 0 Å². The summed E-state index contributed by atoms with van der Waals surface area (Å²) in [5.41, 5.74) is 13.2. The summed E-state index contributed by atoms with van der Waals surface area (Å²) in [6.45, 7) is 8.54. The molecule has 0 fully saturated rings. The molecule has 0 aliphatic carbocycles. The summed E-state index contributed by atoms with van der Waals surface area (Å²) in [7, 11) is 0. The second-order valence-corrected chi connectivity index (χ2v) is 7.17. The normalized spacial score (nSPS) is 13.8. The molecule has 0 aliphatic rings. The van der Waals surface area contributed by atoms with Gasteiger partial charge in [-0.2, -0.15) is 0 Å². The number of amides is 1. The van der Waals surface area contributed by atoms with Crippen LogP contribution in [0.25, 0.3) is 0 Å². The standard InChI is InChI=1S/C18H26N2O5/c1-9-6-11(15(20)21)7-10(2)12(9)8-13(19)14(16(22)23)17(24)25-18(3,4)5/h6-7,13-14H,8,19H2,1-5H3,(H2,20,21)(H,22,23). The summed E-state index contributed by atoms with van der Waals surface area (Å²) in [4.78, 5) is 35.0. The van der Waals surface area contributed by atoms with Crippen molar-refractivity contribution in [1.82, 2.24) is 0 Å². The van der Waals surface area contributed by atoms with Crippen LogP contribution in [0, 0.1) is 19.8 Å². The second-order valence-electron chi connectivity index (χ2n) is 7.17. The summed E-state index contributed by atoms with van der Waals surface area (Å²) in [6, 6.07) is 2.28. The number of aliphatic carboxylic acids is 1. The van der Waals surface area contributed by atoms with Crippen molar-refractivity contribution in [3.63, 3.8) is 0 Å². The lowest BCUT2D eigenvalue weighted by molar-refractivity contribution is -0.167. The molecule has 5 N–H and O–H groups in total. The molecule has 25 heavy (non-hydrogen) atoms. The van der Waals surface area contributed by atoms with Crippen molar-refractivity contribution in [1.29, 1.82) is 0 Å². The van der Waals surface area contributed by atoms with E-state index in [0.29, 0.717) is 5.56 Å². The first kappa shape index (κ1) is 20.6. The van der Waals surface area contributed by atoms with Crippen LogP contribution >= 0.6 is 0 Å². The van der Waals surface area contributed by atoms with Crippen molar-refractivity contribution in [3.05, 3.63) is 34.4 Å². The zero-order valence-electron chi connectivity index (χ0n) is 15.3. The highest BCUT2D eigenvalue weighted by molar-refractivity contribution is 5.95. The largest absolute Gasteiger partial charge is 0.481 e. The van der Waals surface area contributed by atoms with Gasteiger partial charge in [0, 0.05) is 11.6 Å². The predicted octanol–water partition coefficient (Wildman–Crippen LogP) is 1.31. The molecule has 7 heteroatoms. The van der Waals surface area contributed by atoms with E-state index in [2.05, 4.69) is 0 Å². The van der Waals surface area contributed by atoms with Crippen molar-refractivity contribution in [3.8, 4) is 0 Å². The Morgan fingerprint density at radius 1 is 1.16 bits per heavy atom. The maximum Gasteiger partial charge on any atom is 0.322 e. The average molecular weight is 350 g/mol. The number of carboxylic acids is 1. The minimum atomic E-state index is -1.48. The third-order valence-corrected chi connectivity index (χ3v) is 3.78. The Hall–Kier alpha value is -2.41. The van der Waals surface area contributed by atoms with Gasteiger partial charge < -0.3 is 21.3 Å². The summed E-state index contributed by atoms with van der Waals surface area (Å²) >= 11 is 0. The highest BCUT2D eigenvalue weighted by Gasteiger charge is 2.36. The molecule has 0 aromatic heterocycles. The first-order valence-corrected chi connectivity index (χ1v) is 7.94. The molecule has 1 aromatic rings. The van der Waals surface area contributed by atoms with Gasteiger partial charge in [-0.25, -0.2) is 0 Å². The maximum absolute atomic E-state index is 12.2. The molecule has 0 saturated carbocycles. The Balaban J connectivity index is 3.09. The van der Waals surface area contributed by atoms with Crippen LogP contribution in [0.1, 0.15) is 47.8 Å². The minimum absolute atomic E-state index is 0.160. The number of carboxylic acid groups (broad SMARTS) is 1. The van der Waals surface area contributed by atoms with Gasteiger partial charge in [-0.15, -0.1) is 0 Å². The minimum Gasteiger partial charge on any atom is -0.481 e. The molecule has 1 amide bonds. The fourth-order valence-corrected chi connectivity index (χ4v) is 2.64. The van der Waals surface area contributed by atoms with Gasteiger partial charge in [-0.3, -0.25) is 14.4 Å². The van der Waals surface area contributed by atoms with Crippen molar-refractivity contribution < 1.29 is 24.2 Å². The van der Waals surface area contributed by atoms with Crippen LogP contribution in [0.2, 0.25) is 0 Å². The lowest BCUT2D eigenvalue weighted by Gasteiger charge is -2.25. The van der Waals surface area contributed by atoms with E-state index in [-0.39, 0.29) is 6.42 Å². The lowest BCUT2D eigenvalue weighted by Crippen LogP contribution is -2.45. The Morgan fingerprint density at radius 3 is 2.00 bits per heavy atom. The van der Waals surface area contributed by atoms with Gasteiger partial charge >= 0.3 is 11.9 Å². The molecule has 0 spiro atoms. The Labute approximate surface area is 147 Å². The number of aryl methyl sites for hydroxylation is 2. The summed E-state index contributed by atoms with van der Waals surface area (Å²) in [5.74, 6) is -4.21. The second kappa shape index (κ2) is 7.65. The molecule has 1 rings (SSSR count). The maximum atomic E-state index is 12.2. The molecule has 1 aromatic carbocycles. The van der Waals surface area contributed by atoms with Gasteiger partial charge in [-0.05, 0) is 69.9 Å². The molecule has 2 unspecified atom stereocenters. The van der Waals surface area contributed by atoms with Crippen molar-refractivity contribution in [2.24, 2.45) is 17.4 Å². The van der Waals surface area contributed by atoms with E-state index in [9.17, 15) is 19.5 Å². The predicted molar refractivity (Wildman–Crippen MR) is 93.1 cm³/mol. The van der Waals surface area contributed by atoms with Gasteiger partial charge in [0.2, 0.25) is 5.91 Å². The highest BCUT2D eigenvalue weighted by atomic mass is 16.6. The van der Waals surface area contributed by atoms with Gasteiger partial charge in [0.05, 0.1) is 0 Å². The van der Waals surface area contributed by atoms with E-state index < -0.39 is 35.4 Å². The quantitative estimate of drug-likeness (QED) is 0.523. The van der Waals surface area contributed by atoms with E-state index in [1.54, 1.807) is 46.8 Å². The smallest absolute Gasteiger partial charge is 0.322 e. The van der Waals surface area contributed by atoms with E-state index in [4.69, 9.17) is 16.2 Å². The number of benzene rings is 1. The van der Waals surface area contributed by atoms with Crippen LogP contribution in [-0.2, 0) is 20.7 Å². The third kappa shape index (κ3) is 5.56. The highest BCUT2D eigenvalue weighted by Crippen LogP contribution is 2.22. The fraction of sp³-hybridized carbons (Fsp3) is 0.500. The fourth-order valence-electron chi connectivity index (χ4n) is 2.64. The monoisotopic (exact) mass is 350 g/mol. The van der Waals surface area contributed by atoms with Gasteiger partial charge in [-0.1, -0.05) is 0 Å². The number of rotatable bonds is 6. The van der Waals surface area contributed by atoms with Crippen LogP contribution in [0.5, 0.6) is 0 Å². The molecule has 0 bridgehead atoms. The van der Waals surface area contributed by atoms with Gasteiger partial charge in [0.15, 0.2) is 5.92 Å². The molecular formula is C18H26N2O5. The van der Waals surface area contributed by atoms with Crippen LogP contribution in [-0.4, -0.2) is 34.6 Å². The number of carbonyl (C=O) groups is 3. The van der Waals surface area contributed by atoms with E-state index in [1.165, 1.54) is 0 Å². The van der Waals surface area contributed by atoms with Crippen LogP contribution < -0.4 is 11.5 Å². The SMILES string of the molecule is Cc1cc(C(N)=O)cc(C)c1CC(N)C(C(=O)O)C(=O)OC(C)(C)C. The summed E-state index contributed by atoms with van der Waals surface area (Å²) < 4.78 is 5.17. The molecule has 138 valence electrons. The number of hydrogen-bond acceptors (Lipinski definition) is 5. The number of ether oxygens (including phenoxy) is 1. The zero-order chi connectivity index (χ0) is 19.5. The van der Waals surface area contributed by atoms with E-state index in [1.807, 2.05) is 0 Å². The number of esters is 1. The molecule has 2 atom stereocenters. The first-order chi connectivity index (χ1) is 11.3. The van der Waals surface area contributed by atoms with Crippen molar-refractivity contribution in [2.45, 2.75) is 52.7 Å². The van der Waals surface area contributed by atoms with Crippen LogP contribution in [0.15, 0.2) is 12.1 Å². The van der Waals surface area contributed by atoms with Gasteiger partial charge in [0.1, 0.15) is 5.60 Å². The lowest BCUT2D eigenvalue weighted by atomic mass is 9.89. The molecule has 0 radical (unpaired) electrons. The average Bonchev–Trinajstić information content (AvgIpc) is 2.39. The molecule has 0 heterocycles. The Morgan fingerprint density at radius 2 is 1.64 bits per heavy atom. The van der Waals surface area contributed by atoms with Crippen LogP contribution in [0.3, 0.4) is 0 Å².